The molecule has 0 fully saturated rings. The molecule has 0 amide bonds. The summed E-state index contributed by atoms with van der Waals surface area (Å²) in [6.07, 6.45) is 0.740. The molecule has 0 unspecified atom stereocenters. The Morgan fingerprint density at radius 3 is 1.61 bits per heavy atom. The van der Waals surface area contributed by atoms with Crippen LogP contribution in [-0.2, 0) is 26.7 Å². The van der Waals surface area contributed by atoms with Crippen molar-refractivity contribution in [1.29, 1.82) is 0 Å². The van der Waals surface area contributed by atoms with Gasteiger partial charge in [0.1, 0.15) is 10.6 Å². The van der Waals surface area contributed by atoms with Crippen molar-refractivity contribution in [2.24, 2.45) is 30.7 Å². The first-order valence-electron chi connectivity index (χ1n) is 19.0. The van der Waals surface area contributed by atoms with Gasteiger partial charge in [0.05, 0.1) is 33.3 Å². The van der Waals surface area contributed by atoms with Crippen LogP contribution in [0.15, 0.2) is 204 Å². The molecule has 0 bridgehead atoms. The lowest BCUT2D eigenvalue weighted by molar-refractivity contribution is 0.481. The molecule has 62 heavy (non-hydrogen) atoms. The van der Waals surface area contributed by atoms with Gasteiger partial charge in [0.2, 0.25) is 0 Å². The van der Waals surface area contributed by atoms with E-state index in [0.717, 1.165) is 17.4 Å². The van der Waals surface area contributed by atoms with Crippen molar-refractivity contribution in [2.75, 3.05) is 0 Å². The van der Waals surface area contributed by atoms with Crippen molar-refractivity contribution in [1.82, 2.24) is 0 Å². The zero-order valence-electron chi connectivity index (χ0n) is 32.3. The maximum atomic E-state index is 12.2. The first-order valence-corrected chi connectivity index (χ1v) is 21.9. The van der Waals surface area contributed by atoms with Crippen molar-refractivity contribution in [3.05, 3.63) is 175 Å². The molecule has 0 saturated heterocycles. The standard InChI is InChI=1S/C47H32N6O7S2/c54-47-35-18-13-30(25-29-7-2-1-3-8-29)26-32(35)15-20-45(47)53-52-44-24-23-43(38-19-17-34(28-40(38)44)61(55,56)57)51-50-42-22-21-41(36-10-4-5-11-37(36)42)49-48-33-16-14-31-9-6-12-46(39(31)27-33)62(58,59)60/h1-24,26-28,54H,25H2,(H,55,56,57)(H,58,59,60). The summed E-state index contributed by atoms with van der Waals surface area (Å²) in [7, 11) is -9.05. The summed E-state index contributed by atoms with van der Waals surface area (Å²) < 4.78 is 68.1. The molecule has 0 heterocycles. The molecule has 0 saturated carbocycles. The number of fused-ring (bicyclic) bond motifs is 4. The Kier molecular flexibility index (Phi) is 10.4. The summed E-state index contributed by atoms with van der Waals surface area (Å²) in [6, 6.07) is 47.0. The molecule has 15 heteroatoms. The molecule has 0 aliphatic heterocycles. The van der Waals surface area contributed by atoms with Crippen molar-refractivity contribution >= 4 is 97.5 Å². The van der Waals surface area contributed by atoms with Crippen LogP contribution in [0.1, 0.15) is 11.1 Å². The summed E-state index contributed by atoms with van der Waals surface area (Å²) in [5, 5.41) is 42.4. The van der Waals surface area contributed by atoms with Crippen molar-refractivity contribution in [3.63, 3.8) is 0 Å². The van der Waals surface area contributed by atoms with Gasteiger partial charge in [-0.3, -0.25) is 9.11 Å². The highest BCUT2D eigenvalue weighted by Crippen LogP contribution is 2.41. The Hall–Kier alpha value is -7.56. The fourth-order valence-corrected chi connectivity index (χ4v) is 8.50. The highest BCUT2D eigenvalue weighted by Gasteiger charge is 2.16. The molecule has 13 nitrogen and oxygen atoms in total. The van der Waals surface area contributed by atoms with Gasteiger partial charge in [0.15, 0.2) is 5.75 Å². The summed E-state index contributed by atoms with van der Waals surface area (Å²) in [6.45, 7) is 0. The molecule has 9 aromatic rings. The predicted molar refractivity (Wildman–Crippen MR) is 239 cm³/mol. The third-order valence-corrected chi connectivity index (χ3v) is 12.1. The first-order chi connectivity index (χ1) is 29.9. The number of azo groups is 3. The average molecular weight is 857 g/mol. The average Bonchev–Trinajstić information content (AvgIpc) is 3.27. The van der Waals surface area contributed by atoms with Crippen molar-refractivity contribution < 1.29 is 31.0 Å². The summed E-state index contributed by atoms with van der Waals surface area (Å²) in [5.74, 6) is -0.0615. The Balaban J connectivity index is 1.03. The number of hydrogen-bond acceptors (Lipinski definition) is 11. The van der Waals surface area contributed by atoms with Crippen LogP contribution in [0.5, 0.6) is 5.75 Å². The van der Waals surface area contributed by atoms with Gasteiger partial charge >= 0.3 is 0 Å². The molecule has 9 aromatic carbocycles. The third kappa shape index (κ3) is 8.16. The highest BCUT2D eigenvalue weighted by atomic mass is 32.2. The van der Waals surface area contributed by atoms with E-state index in [-0.39, 0.29) is 26.9 Å². The number of phenolic OH excluding ortho intramolecular Hbond substituents is 1. The van der Waals surface area contributed by atoms with E-state index in [0.29, 0.717) is 60.5 Å². The number of aromatic hydroxyl groups is 1. The smallest absolute Gasteiger partial charge is 0.295 e. The number of rotatable bonds is 10. The lowest BCUT2D eigenvalue weighted by Crippen LogP contribution is -1.98. The minimum Gasteiger partial charge on any atom is -0.505 e. The molecular formula is C47H32N6O7S2. The lowest BCUT2D eigenvalue weighted by Gasteiger charge is -2.08. The Bertz CT molecular complexity index is 3580. The van der Waals surface area contributed by atoms with Gasteiger partial charge in [-0.2, -0.15) is 21.9 Å². The summed E-state index contributed by atoms with van der Waals surface area (Å²) in [5.41, 5.74) is 4.45. The fraction of sp³-hybridized carbons (Fsp3) is 0.0213. The van der Waals surface area contributed by atoms with Gasteiger partial charge < -0.3 is 5.11 Å². The van der Waals surface area contributed by atoms with E-state index < -0.39 is 20.2 Å². The minimum absolute atomic E-state index is 0.0615. The maximum absolute atomic E-state index is 12.2. The van der Waals surface area contributed by atoms with Gasteiger partial charge in [0, 0.05) is 32.3 Å². The van der Waals surface area contributed by atoms with E-state index in [4.69, 9.17) is 0 Å². The molecule has 0 radical (unpaired) electrons. The zero-order chi connectivity index (χ0) is 43.0. The zero-order valence-corrected chi connectivity index (χ0v) is 33.9. The van der Waals surface area contributed by atoms with Gasteiger partial charge in [-0.25, -0.2) is 0 Å². The quantitative estimate of drug-likeness (QED) is 0.0896. The van der Waals surface area contributed by atoms with E-state index in [9.17, 15) is 31.0 Å². The summed E-state index contributed by atoms with van der Waals surface area (Å²) >= 11 is 0. The first kappa shape index (κ1) is 39.9. The van der Waals surface area contributed by atoms with Crippen LogP contribution in [0.3, 0.4) is 0 Å². The van der Waals surface area contributed by atoms with Gasteiger partial charge in [-0.15, -0.1) is 25.6 Å². The largest absolute Gasteiger partial charge is 0.505 e. The normalized spacial score (nSPS) is 12.5. The van der Waals surface area contributed by atoms with Gasteiger partial charge in [-0.1, -0.05) is 103 Å². The molecule has 3 N–H and O–H groups in total. The second-order valence-electron chi connectivity index (χ2n) is 14.3. The molecular weight excluding hydrogens is 825 g/mol. The Morgan fingerprint density at radius 1 is 0.387 bits per heavy atom. The number of phenols is 1. The van der Waals surface area contributed by atoms with Crippen LogP contribution in [0.4, 0.5) is 34.1 Å². The predicted octanol–water partition coefficient (Wildman–Crippen LogP) is 13.3. The van der Waals surface area contributed by atoms with E-state index in [2.05, 4.69) is 42.8 Å². The lowest BCUT2D eigenvalue weighted by atomic mass is 10.0. The van der Waals surface area contributed by atoms with Crippen LogP contribution >= 0.6 is 0 Å². The van der Waals surface area contributed by atoms with E-state index in [1.165, 1.54) is 35.9 Å². The van der Waals surface area contributed by atoms with Crippen LogP contribution in [0.25, 0.3) is 43.1 Å². The van der Waals surface area contributed by atoms with Crippen LogP contribution in [0.2, 0.25) is 0 Å². The number of benzene rings is 9. The van der Waals surface area contributed by atoms with Crippen LogP contribution < -0.4 is 0 Å². The van der Waals surface area contributed by atoms with Crippen molar-refractivity contribution in [2.45, 2.75) is 16.2 Å². The highest BCUT2D eigenvalue weighted by molar-refractivity contribution is 7.86. The van der Waals surface area contributed by atoms with Gasteiger partial charge in [-0.05, 0) is 89.0 Å². The van der Waals surface area contributed by atoms with E-state index in [1.807, 2.05) is 66.7 Å². The minimum atomic E-state index is -4.59. The van der Waals surface area contributed by atoms with Gasteiger partial charge in [0.25, 0.3) is 20.2 Å². The topological polar surface area (TPSA) is 203 Å². The second kappa shape index (κ2) is 16.1. The number of nitrogens with zero attached hydrogens (tertiary/aromatic N) is 6. The Morgan fingerprint density at radius 2 is 0.952 bits per heavy atom. The van der Waals surface area contributed by atoms with E-state index in [1.54, 1.807) is 54.6 Å². The van der Waals surface area contributed by atoms with Crippen molar-refractivity contribution in [3.8, 4) is 5.75 Å². The Labute approximate surface area is 354 Å². The second-order valence-corrected chi connectivity index (χ2v) is 17.1. The van der Waals surface area contributed by atoms with Crippen LogP contribution in [0, 0.1) is 0 Å². The molecule has 0 aromatic heterocycles. The fourth-order valence-electron chi connectivity index (χ4n) is 7.29. The van der Waals surface area contributed by atoms with E-state index >= 15 is 0 Å². The molecule has 0 aliphatic carbocycles. The third-order valence-electron chi connectivity index (χ3n) is 10.3. The summed E-state index contributed by atoms with van der Waals surface area (Å²) in [4.78, 5) is -0.582. The SMILES string of the molecule is O=S(=O)(O)c1ccc2c(N=Nc3ccc(N=Nc4ccc5cccc(S(=O)(=O)O)c5c4)c4ccccc34)ccc(N=Nc3ccc4cc(Cc5ccccc5)ccc4c3O)c2c1. The van der Waals surface area contributed by atoms with Crippen LogP contribution in [-0.4, -0.2) is 31.0 Å². The molecule has 0 aliphatic rings. The number of hydrogen-bond donors (Lipinski definition) is 3. The maximum Gasteiger partial charge on any atom is 0.295 e. The molecule has 0 spiro atoms. The molecule has 9 rings (SSSR count). The molecule has 304 valence electrons. The monoisotopic (exact) mass is 856 g/mol. The molecule has 0 atom stereocenters.